The predicted molar refractivity (Wildman–Crippen MR) is 57.8 cm³/mol. The van der Waals surface area contributed by atoms with Crippen LogP contribution in [0.1, 0.15) is 17.3 Å². The second-order valence-corrected chi connectivity index (χ2v) is 3.59. The number of benzene rings is 1. The zero-order chi connectivity index (χ0) is 11.7. The van der Waals surface area contributed by atoms with E-state index in [1.165, 1.54) is 12.1 Å². The van der Waals surface area contributed by atoms with Gasteiger partial charge >= 0.3 is 0 Å². The highest BCUT2D eigenvalue weighted by Crippen LogP contribution is 2.36. The molecule has 1 aliphatic rings. The summed E-state index contributed by atoms with van der Waals surface area (Å²) in [6.07, 6.45) is 0.514. The Hall–Kier alpha value is -2.04. The minimum atomic E-state index is -0.0765. The minimum absolute atomic E-state index is 0.0765. The molecule has 1 atom stereocenters. The molecule has 0 saturated carbocycles. The van der Waals surface area contributed by atoms with Crippen molar-refractivity contribution in [3.63, 3.8) is 0 Å². The lowest BCUT2D eigenvalue weighted by molar-refractivity contribution is -0.350. The molecular formula is C11H11NO4. The Morgan fingerprint density at radius 2 is 2.31 bits per heavy atom. The summed E-state index contributed by atoms with van der Waals surface area (Å²) in [5, 5.41) is 11.1. The van der Waals surface area contributed by atoms with Crippen LogP contribution in [0.15, 0.2) is 12.1 Å². The second-order valence-electron chi connectivity index (χ2n) is 3.59. The smallest absolute Gasteiger partial charge is 0.230 e. The molecule has 5 heteroatoms. The number of hydrogen-bond acceptors (Lipinski definition) is 4. The molecule has 16 heavy (non-hydrogen) atoms. The average molecular weight is 221 g/mol. The summed E-state index contributed by atoms with van der Waals surface area (Å²) >= 11 is 0. The molecule has 0 N–H and O–H groups in total. The Bertz CT molecular complexity index is 456. The molecule has 2 rings (SSSR count). The molecule has 0 amide bonds. The number of hydrogen-bond donors (Lipinski definition) is 0. The highest BCUT2D eigenvalue weighted by atomic mass is 16.6. The van der Waals surface area contributed by atoms with E-state index >= 15 is 0 Å². The van der Waals surface area contributed by atoms with E-state index in [0.29, 0.717) is 29.1 Å². The normalized spacial score (nSPS) is 17.9. The van der Waals surface area contributed by atoms with Gasteiger partial charge in [-0.25, -0.2) is 0 Å². The van der Waals surface area contributed by atoms with Crippen LogP contribution in [0, 0.1) is 5.21 Å². The van der Waals surface area contributed by atoms with Crippen LogP contribution >= 0.6 is 0 Å². The van der Waals surface area contributed by atoms with Crippen LogP contribution in [0.5, 0.6) is 11.5 Å². The zero-order valence-corrected chi connectivity index (χ0v) is 8.80. The van der Waals surface area contributed by atoms with Crippen molar-refractivity contribution in [1.82, 2.24) is 0 Å². The standard InChI is InChI=1S/C11H11NO4/c1-7-6-15-10-3-8(5-13)9(12(2)14)4-11(10)16-7/h3-5,7H,2,6H2,1H3. The second kappa shape index (κ2) is 3.84. The van der Waals surface area contributed by atoms with Gasteiger partial charge in [0.05, 0.1) is 11.6 Å². The Labute approximate surface area is 92.5 Å². The molecule has 0 bridgehead atoms. The first kappa shape index (κ1) is 10.5. The van der Waals surface area contributed by atoms with Gasteiger partial charge in [-0.2, -0.15) is 4.74 Å². The van der Waals surface area contributed by atoms with Crippen molar-refractivity contribution in [2.45, 2.75) is 13.0 Å². The van der Waals surface area contributed by atoms with E-state index in [9.17, 15) is 10.0 Å². The number of fused-ring (bicyclic) bond motifs is 1. The van der Waals surface area contributed by atoms with Gasteiger partial charge in [0.15, 0.2) is 17.8 Å². The maximum Gasteiger partial charge on any atom is 0.230 e. The van der Waals surface area contributed by atoms with E-state index < -0.39 is 0 Å². The fourth-order valence-corrected chi connectivity index (χ4v) is 1.54. The number of carbonyl (C=O) groups excluding carboxylic acids is 1. The van der Waals surface area contributed by atoms with E-state index in [1.807, 2.05) is 6.92 Å². The summed E-state index contributed by atoms with van der Waals surface area (Å²) < 4.78 is 11.3. The van der Waals surface area contributed by atoms with Gasteiger partial charge < -0.3 is 14.7 Å². The third-order valence-corrected chi connectivity index (χ3v) is 2.29. The maximum absolute atomic E-state index is 11.1. The summed E-state index contributed by atoms with van der Waals surface area (Å²) in [4.78, 5) is 10.8. The van der Waals surface area contributed by atoms with Crippen LogP contribution in [0.25, 0.3) is 0 Å². The van der Waals surface area contributed by atoms with Gasteiger partial charge in [0.1, 0.15) is 19.4 Å². The molecule has 1 unspecified atom stereocenters. The third kappa shape index (κ3) is 1.71. The molecule has 0 aliphatic carbocycles. The van der Waals surface area contributed by atoms with Crippen LogP contribution < -0.4 is 9.47 Å². The van der Waals surface area contributed by atoms with E-state index in [0.717, 1.165) is 0 Å². The minimum Gasteiger partial charge on any atom is -0.619 e. The summed E-state index contributed by atoms with van der Waals surface area (Å²) in [5.74, 6) is 0.939. The number of rotatable bonds is 2. The molecule has 0 fully saturated rings. The van der Waals surface area contributed by atoms with Crippen molar-refractivity contribution < 1.29 is 19.0 Å². The highest BCUT2D eigenvalue weighted by molar-refractivity contribution is 5.83. The molecular weight excluding hydrogens is 210 g/mol. The molecule has 0 radical (unpaired) electrons. The van der Waals surface area contributed by atoms with Crippen molar-refractivity contribution in [3.05, 3.63) is 22.9 Å². The van der Waals surface area contributed by atoms with E-state index in [1.54, 1.807) is 0 Å². The first-order valence-electron chi connectivity index (χ1n) is 4.82. The van der Waals surface area contributed by atoms with Crippen LogP contribution in [-0.4, -0.2) is 30.5 Å². The fourth-order valence-electron chi connectivity index (χ4n) is 1.54. The van der Waals surface area contributed by atoms with Crippen LogP contribution in [0.2, 0.25) is 0 Å². The SMILES string of the molecule is C=[N+]([O-])c1cc2c(cc1C=O)OCC(C)O2. The lowest BCUT2D eigenvalue weighted by Crippen LogP contribution is -2.25. The number of aldehydes is 1. The highest BCUT2D eigenvalue weighted by Gasteiger charge is 2.22. The van der Waals surface area contributed by atoms with Gasteiger partial charge in [0.25, 0.3) is 0 Å². The molecule has 5 nitrogen and oxygen atoms in total. The Kier molecular flexibility index (Phi) is 2.52. The van der Waals surface area contributed by atoms with E-state index in [4.69, 9.17) is 9.47 Å². The van der Waals surface area contributed by atoms with Gasteiger partial charge in [-0.3, -0.25) is 4.79 Å². The Morgan fingerprint density at radius 3 is 2.94 bits per heavy atom. The molecule has 1 aliphatic heterocycles. The summed E-state index contributed by atoms with van der Waals surface area (Å²) in [6.45, 7) is 5.49. The number of nitrogens with zero attached hydrogens (tertiary/aromatic N) is 1. The van der Waals surface area contributed by atoms with Crippen molar-refractivity contribution in [2.24, 2.45) is 0 Å². The first-order chi connectivity index (χ1) is 7.61. The van der Waals surface area contributed by atoms with Crippen molar-refractivity contribution in [3.8, 4) is 11.5 Å². The molecule has 1 aromatic carbocycles. The fraction of sp³-hybridized carbons (Fsp3) is 0.273. The Balaban J connectivity index is 2.52. The van der Waals surface area contributed by atoms with Gasteiger partial charge in [-0.05, 0) is 6.92 Å². The first-order valence-corrected chi connectivity index (χ1v) is 4.82. The topological polar surface area (TPSA) is 61.6 Å². The van der Waals surface area contributed by atoms with E-state index in [2.05, 4.69) is 6.72 Å². The average Bonchev–Trinajstić information content (AvgIpc) is 2.27. The molecule has 1 aromatic rings. The summed E-state index contributed by atoms with van der Waals surface area (Å²) in [5.41, 5.74) is 0.411. The van der Waals surface area contributed by atoms with Crippen molar-refractivity contribution in [1.29, 1.82) is 0 Å². The van der Waals surface area contributed by atoms with Crippen molar-refractivity contribution >= 4 is 18.7 Å². The summed E-state index contributed by atoms with van der Waals surface area (Å²) in [7, 11) is 0. The van der Waals surface area contributed by atoms with Gasteiger partial charge in [0.2, 0.25) is 5.69 Å². The summed E-state index contributed by atoms with van der Waals surface area (Å²) in [6, 6.07) is 2.95. The van der Waals surface area contributed by atoms with Crippen LogP contribution in [0.3, 0.4) is 0 Å². The van der Waals surface area contributed by atoms with Gasteiger partial charge in [-0.15, -0.1) is 0 Å². The maximum atomic E-state index is 11.1. The molecule has 1 heterocycles. The molecule has 0 aromatic heterocycles. The number of carbonyl (C=O) groups is 1. The van der Waals surface area contributed by atoms with Crippen LogP contribution in [0.4, 0.5) is 5.69 Å². The molecule has 0 saturated heterocycles. The monoisotopic (exact) mass is 221 g/mol. The Morgan fingerprint density at radius 1 is 1.56 bits per heavy atom. The van der Waals surface area contributed by atoms with Crippen molar-refractivity contribution in [2.75, 3.05) is 6.61 Å². The quantitative estimate of drug-likeness (QED) is 0.249. The zero-order valence-electron chi connectivity index (χ0n) is 8.80. The van der Waals surface area contributed by atoms with E-state index in [-0.39, 0.29) is 17.4 Å². The number of ether oxygens (including phenoxy) is 2. The largest absolute Gasteiger partial charge is 0.619 e. The predicted octanol–water partition coefficient (Wildman–Crippen LogP) is 1.50. The lowest BCUT2D eigenvalue weighted by Gasteiger charge is -2.24. The van der Waals surface area contributed by atoms with Gasteiger partial charge in [-0.1, -0.05) is 0 Å². The lowest BCUT2D eigenvalue weighted by atomic mass is 10.1. The molecule has 0 spiro atoms. The third-order valence-electron chi connectivity index (χ3n) is 2.29. The molecule has 84 valence electrons. The van der Waals surface area contributed by atoms with Gasteiger partial charge in [0, 0.05) is 6.07 Å². The van der Waals surface area contributed by atoms with Crippen LogP contribution in [-0.2, 0) is 0 Å².